The molecular formula is C15H24N4O2. The lowest BCUT2D eigenvalue weighted by atomic mass is 10.0. The molecule has 1 aliphatic rings. The Labute approximate surface area is 125 Å². The van der Waals surface area contributed by atoms with E-state index in [0.717, 1.165) is 25.2 Å². The second kappa shape index (κ2) is 6.87. The second-order valence-electron chi connectivity index (χ2n) is 5.81. The van der Waals surface area contributed by atoms with Gasteiger partial charge in [0.1, 0.15) is 5.69 Å². The van der Waals surface area contributed by atoms with Crippen LogP contribution < -0.4 is 5.32 Å². The van der Waals surface area contributed by atoms with Gasteiger partial charge in [-0.2, -0.15) is 0 Å². The van der Waals surface area contributed by atoms with Gasteiger partial charge < -0.3 is 10.2 Å². The Morgan fingerprint density at radius 1 is 1.48 bits per heavy atom. The van der Waals surface area contributed by atoms with Crippen molar-refractivity contribution in [3.05, 3.63) is 33.9 Å². The molecular weight excluding hydrogens is 268 g/mol. The van der Waals surface area contributed by atoms with E-state index in [2.05, 4.69) is 29.2 Å². The number of nitro benzene ring substituents is 1. The molecule has 0 aromatic heterocycles. The van der Waals surface area contributed by atoms with E-state index in [4.69, 9.17) is 0 Å². The number of likely N-dealkylation sites (tertiary alicyclic amines) is 1. The molecule has 0 bridgehead atoms. The lowest BCUT2D eigenvalue weighted by molar-refractivity contribution is -0.384. The van der Waals surface area contributed by atoms with Crippen molar-refractivity contribution in [2.75, 3.05) is 39.5 Å². The predicted molar refractivity (Wildman–Crippen MR) is 84.6 cm³/mol. The summed E-state index contributed by atoms with van der Waals surface area (Å²) in [5.74, 6) is 0. The lowest BCUT2D eigenvalue weighted by Crippen LogP contribution is -2.44. The van der Waals surface area contributed by atoms with Crippen LogP contribution in [0.5, 0.6) is 0 Å². The fourth-order valence-electron chi connectivity index (χ4n) is 3.00. The zero-order valence-corrected chi connectivity index (χ0v) is 13.0. The molecule has 21 heavy (non-hydrogen) atoms. The number of nitrogens with zero attached hydrogens (tertiary/aromatic N) is 3. The zero-order chi connectivity index (χ0) is 15.4. The minimum Gasteiger partial charge on any atom is -0.382 e. The van der Waals surface area contributed by atoms with Crippen LogP contribution >= 0.6 is 0 Å². The number of anilines is 1. The van der Waals surface area contributed by atoms with E-state index in [0.29, 0.717) is 11.7 Å². The van der Waals surface area contributed by atoms with Gasteiger partial charge in [-0.05, 0) is 39.0 Å². The topological polar surface area (TPSA) is 61.6 Å². The molecule has 1 aromatic carbocycles. The molecule has 1 fully saturated rings. The Kier molecular flexibility index (Phi) is 5.14. The van der Waals surface area contributed by atoms with E-state index in [9.17, 15) is 10.1 Å². The van der Waals surface area contributed by atoms with E-state index in [1.165, 1.54) is 12.8 Å². The summed E-state index contributed by atoms with van der Waals surface area (Å²) in [5.41, 5.74) is 1.77. The molecule has 1 atom stereocenters. The highest BCUT2D eigenvalue weighted by atomic mass is 16.6. The average molecular weight is 292 g/mol. The Morgan fingerprint density at radius 3 is 2.86 bits per heavy atom. The summed E-state index contributed by atoms with van der Waals surface area (Å²) in [6.45, 7) is 2.82. The summed E-state index contributed by atoms with van der Waals surface area (Å²) in [4.78, 5) is 15.4. The van der Waals surface area contributed by atoms with Gasteiger partial charge in [0, 0.05) is 32.2 Å². The van der Waals surface area contributed by atoms with Crippen molar-refractivity contribution in [3.8, 4) is 0 Å². The van der Waals surface area contributed by atoms with E-state index in [1.54, 1.807) is 19.2 Å². The quantitative estimate of drug-likeness (QED) is 0.665. The van der Waals surface area contributed by atoms with Crippen LogP contribution in [0.25, 0.3) is 0 Å². The number of likely N-dealkylation sites (N-methyl/N-ethyl adjacent to an activating group) is 1. The molecule has 1 saturated heterocycles. The van der Waals surface area contributed by atoms with E-state index < -0.39 is 0 Å². The number of hydrogen-bond acceptors (Lipinski definition) is 5. The van der Waals surface area contributed by atoms with Crippen molar-refractivity contribution in [3.63, 3.8) is 0 Å². The van der Waals surface area contributed by atoms with Crippen LogP contribution in [-0.2, 0) is 6.54 Å². The summed E-state index contributed by atoms with van der Waals surface area (Å²) in [6.07, 6.45) is 2.39. The number of para-hydroxylation sites is 1. The minimum atomic E-state index is -0.325. The molecule has 0 amide bonds. The van der Waals surface area contributed by atoms with Gasteiger partial charge in [0.15, 0.2) is 0 Å². The number of nitro groups is 1. The lowest BCUT2D eigenvalue weighted by Gasteiger charge is -2.36. The first kappa shape index (κ1) is 15.7. The fourth-order valence-corrected chi connectivity index (χ4v) is 3.00. The van der Waals surface area contributed by atoms with Crippen molar-refractivity contribution in [1.29, 1.82) is 0 Å². The molecule has 1 N–H and O–H groups in total. The Hall–Kier alpha value is -1.66. The fraction of sp³-hybridized carbons (Fsp3) is 0.600. The van der Waals surface area contributed by atoms with Gasteiger partial charge >= 0.3 is 0 Å². The zero-order valence-electron chi connectivity index (χ0n) is 13.0. The third-order valence-corrected chi connectivity index (χ3v) is 4.18. The minimum absolute atomic E-state index is 0.149. The molecule has 1 heterocycles. The Bertz CT molecular complexity index is 504. The van der Waals surface area contributed by atoms with Crippen LogP contribution in [0, 0.1) is 10.1 Å². The van der Waals surface area contributed by atoms with Crippen LogP contribution in [-0.4, -0.2) is 55.0 Å². The van der Waals surface area contributed by atoms with Gasteiger partial charge in [-0.25, -0.2) is 0 Å². The molecule has 1 unspecified atom stereocenters. The Balaban J connectivity index is 2.15. The molecule has 0 saturated carbocycles. The summed E-state index contributed by atoms with van der Waals surface area (Å²) in [5, 5.41) is 14.1. The van der Waals surface area contributed by atoms with E-state index in [-0.39, 0.29) is 10.6 Å². The molecule has 0 radical (unpaired) electrons. The third kappa shape index (κ3) is 3.71. The standard InChI is InChI=1S/C15H24N4O2/c1-16-15-12(6-4-8-14(15)19(20)21)10-18-9-5-7-13(11-18)17(2)3/h4,6,8,13,16H,5,7,9-11H2,1-3H3. The molecule has 1 aromatic rings. The molecule has 1 aliphatic heterocycles. The van der Waals surface area contributed by atoms with Gasteiger partial charge in [0.25, 0.3) is 5.69 Å². The first-order valence-electron chi connectivity index (χ1n) is 7.35. The molecule has 0 aliphatic carbocycles. The summed E-state index contributed by atoms with van der Waals surface area (Å²) < 4.78 is 0. The van der Waals surface area contributed by atoms with E-state index >= 15 is 0 Å². The number of rotatable bonds is 5. The third-order valence-electron chi connectivity index (χ3n) is 4.18. The van der Waals surface area contributed by atoms with Crippen molar-refractivity contribution in [1.82, 2.24) is 9.80 Å². The SMILES string of the molecule is CNc1c(CN2CCCC(N(C)C)C2)cccc1[N+](=O)[O-]. The summed E-state index contributed by atoms with van der Waals surface area (Å²) in [7, 11) is 5.96. The second-order valence-corrected chi connectivity index (χ2v) is 5.81. The van der Waals surface area contributed by atoms with Crippen LogP contribution in [0.1, 0.15) is 18.4 Å². The Morgan fingerprint density at radius 2 is 2.24 bits per heavy atom. The highest BCUT2D eigenvalue weighted by molar-refractivity contribution is 5.66. The van der Waals surface area contributed by atoms with Crippen molar-refractivity contribution < 1.29 is 4.92 Å². The molecule has 0 spiro atoms. The largest absolute Gasteiger partial charge is 0.382 e. The first-order chi connectivity index (χ1) is 10.0. The summed E-state index contributed by atoms with van der Waals surface area (Å²) >= 11 is 0. The maximum absolute atomic E-state index is 11.1. The van der Waals surface area contributed by atoms with Crippen molar-refractivity contribution in [2.45, 2.75) is 25.4 Å². The maximum atomic E-state index is 11.1. The van der Waals surface area contributed by atoms with Gasteiger partial charge in [-0.3, -0.25) is 15.0 Å². The number of hydrogen-bond donors (Lipinski definition) is 1. The molecule has 2 rings (SSSR count). The average Bonchev–Trinajstić information content (AvgIpc) is 2.47. The van der Waals surface area contributed by atoms with E-state index in [1.807, 2.05) is 6.07 Å². The molecule has 6 nitrogen and oxygen atoms in total. The van der Waals surface area contributed by atoms with Crippen LogP contribution in [0.2, 0.25) is 0 Å². The number of nitrogens with one attached hydrogen (secondary N) is 1. The highest BCUT2D eigenvalue weighted by Crippen LogP contribution is 2.29. The molecule has 116 valence electrons. The highest BCUT2D eigenvalue weighted by Gasteiger charge is 2.23. The predicted octanol–water partition coefficient (Wildman–Crippen LogP) is 2.16. The summed E-state index contributed by atoms with van der Waals surface area (Å²) in [6, 6.07) is 5.85. The van der Waals surface area contributed by atoms with Crippen molar-refractivity contribution >= 4 is 11.4 Å². The number of piperidine rings is 1. The smallest absolute Gasteiger partial charge is 0.292 e. The van der Waals surface area contributed by atoms with Crippen LogP contribution in [0.3, 0.4) is 0 Å². The first-order valence-corrected chi connectivity index (χ1v) is 7.35. The molecule has 6 heteroatoms. The maximum Gasteiger partial charge on any atom is 0.292 e. The van der Waals surface area contributed by atoms with Gasteiger partial charge in [0.05, 0.1) is 4.92 Å². The van der Waals surface area contributed by atoms with Crippen LogP contribution in [0.4, 0.5) is 11.4 Å². The normalized spacial score (nSPS) is 19.7. The van der Waals surface area contributed by atoms with Gasteiger partial charge in [-0.1, -0.05) is 12.1 Å². The number of benzene rings is 1. The van der Waals surface area contributed by atoms with Gasteiger partial charge in [0.2, 0.25) is 0 Å². The van der Waals surface area contributed by atoms with Gasteiger partial charge in [-0.15, -0.1) is 0 Å². The van der Waals surface area contributed by atoms with Crippen LogP contribution in [0.15, 0.2) is 18.2 Å². The van der Waals surface area contributed by atoms with Crippen molar-refractivity contribution in [2.24, 2.45) is 0 Å². The monoisotopic (exact) mass is 292 g/mol.